The summed E-state index contributed by atoms with van der Waals surface area (Å²) in [5.41, 5.74) is 15.7. The van der Waals surface area contributed by atoms with E-state index in [1.165, 1.54) is 70.6 Å². The lowest BCUT2D eigenvalue weighted by Crippen LogP contribution is -2.50. The minimum Gasteiger partial charge on any atom is -0.343 e. The van der Waals surface area contributed by atoms with Crippen LogP contribution >= 0.6 is 58.8 Å². The van der Waals surface area contributed by atoms with Crippen molar-refractivity contribution in [2.75, 3.05) is 31.9 Å². The van der Waals surface area contributed by atoms with Crippen molar-refractivity contribution in [3.63, 3.8) is 0 Å². The molecule has 9 atom stereocenters. The van der Waals surface area contributed by atoms with Crippen molar-refractivity contribution in [2.45, 2.75) is 214 Å². The fraction of sp³-hybridized carbons (Fsp3) is 0.940. The monoisotopic (exact) mass is 939 g/mol. The van der Waals surface area contributed by atoms with Crippen LogP contribution in [0.1, 0.15) is 198 Å². The lowest BCUT2D eigenvalue weighted by molar-refractivity contribution is -0.131. The Balaban J connectivity index is 0.00000600. The number of hydrogen-bond acceptors (Lipinski definition) is 6. The first kappa shape index (κ1) is 58.7. The fourth-order valence-electron chi connectivity index (χ4n) is 12.7. The molecule has 1 amide bonds. The highest BCUT2D eigenvalue weighted by Crippen LogP contribution is 2.68. The number of nitrogens with one attached hydrogen (secondary N) is 1. The van der Waals surface area contributed by atoms with Crippen LogP contribution in [-0.2, 0) is 4.79 Å². The average Bonchev–Trinajstić information content (AvgIpc) is 3.57. The fourth-order valence-corrected chi connectivity index (χ4v) is 15.4. The van der Waals surface area contributed by atoms with Gasteiger partial charge in [-0.15, -0.1) is 37.2 Å². The molecule has 3 fully saturated rings. The van der Waals surface area contributed by atoms with Gasteiger partial charge < -0.3 is 21.7 Å². The number of nitrogens with zero attached hydrogens (tertiary/aromatic N) is 1. The number of unbranched alkanes of at least 4 members (excludes halogenated alkanes) is 1. The molecular formula is C50H97Cl3N4OS2. The smallest absolute Gasteiger partial charge is 0.223 e. The summed E-state index contributed by atoms with van der Waals surface area (Å²) in [5.74, 6) is 7.43. The van der Waals surface area contributed by atoms with Crippen molar-refractivity contribution in [3.05, 3.63) is 11.6 Å². The molecule has 4 rings (SSSR count). The highest BCUT2D eigenvalue weighted by molar-refractivity contribution is 8.76. The average molecular weight is 941 g/mol. The molecule has 5 N–H and O–H groups in total. The number of amides is 1. The zero-order valence-electron chi connectivity index (χ0n) is 40.4. The predicted molar refractivity (Wildman–Crippen MR) is 275 cm³/mol. The first-order valence-electron chi connectivity index (χ1n) is 24.7. The molecule has 10 heteroatoms. The Labute approximate surface area is 398 Å². The Hall–Kier alpha value is 0.660. The lowest BCUT2D eigenvalue weighted by Gasteiger charge is -2.58. The van der Waals surface area contributed by atoms with Gasteiger partial charge in [-0.05, 0) is 174 Å². The maximum absolute atomic E-state index is 13.7. The van der Waals surface area contributed by atoms with E-state index >= 15 is 0 Å². The summed E-state index contributed by atoms with van der Waals surface area (Å²) in [6.45, 7) is 27.6. The van der Waals surface area contributed by atoms with Gasteiger partial charge in [0.1, 0.15) is 0 Å². The van der Waals surface area contributed by atoms with Crippen LogP contribution in [0, 0.1) is 52.3 Å². The van der Waals surface area contributed by atoms with E-state index in [1.54, 1.807) is 5.57 Å². The van der Waals surface area contributed by atoms with Crippen molar-refractivity contribution in [3.8, 4) is 0 Å². The summed E-state index contributed by atoms with van der Waals surface area (Å²) in [6, 6.07) is 0. The van der Waals surface area contributed by atoms with Gasteiger partial charge in [-0.25, -0.2) is 0 Å². The Kier molecular flexibility index (Phi) is 26.7. The first-order chi connectivity index (χ1) is 27.1. The number of nitrogens with two attached hydrogens (primary N) is 2. The minimum atomic E-state index is -0.178. The van der Waals surface area contributed by atoms with Crippen molar-refractivity contribution in [2.24, 2.45) is 63.7 Å². The molecule has 0 radical (unpaired) electrons. The minimum absolute atomic E-state index is 0. The molecular weight excluding hydrogens is 843 g/mol. The van der Waals surface area contributed by atoms with E-state index in [2.05, 4.69) is 96.3 Å². The molecule has 60 heavy (non-hydrogen) atoms. The summed E-state index contributed by atoms with van der Waals surface area (Å²) < 4.78 is 0. The zero-order valence-corrected chi connectivity index (χ0v) is 44.5. The predicted octanol–water partition coefficient (Wildman–Crippen LogP) is 14.1. The maximum atomic E-state index is 13.7. The van der Waals surface area contributed by atoms with Gasteiger partial charge >= 0.3 is 0 Å². The lowest BCUT2D eigenvalue weighted by atomic mass is 9.47. The number of carbonyl (C=O) groups is 1. The van der Waals surface area contributed by atoms with Crippen molar-refractivity contribution in [1.82, 2.24) is 10.2 Å². The number of rotatable bonds is 26. The largest absolute Gasteiger partial charge is 0.343 e. The zero-order chi connectivity index (χ0) is 41.9. The molecule has 356 valence electrons. The molecule has 3 saturated carbocycles. The molecule has 0 heterocycles. The van der Waals surface area contributed by atoms with E-state index in [0.717, 1.165) is 125 Å². The third kappa shape index (κ3) is 15.1. The van der Waals surface area contributed by atoms with Gasteiger partial charge in [0.2, 0.25) is 5.91 Å². The molecule has 4 aliphatic carbocycles. The number of halogens is 3. The van der Waals surface area contributed by atoms with Crippen molar-refractivity contribution in [1.29, 1.82) is 0 Å². The first-order valence-corrected chi connectivity index (χ1v) is 27.0. The third-order valence-corrected chi connectivity index (χ3v) is 20.7. The summed E-state index contributed by atoms with van der Waals surface area (Å²) in [7, 11) is 4.05. The van der Waals surface area contributed by atoms with E-state index in [-0.39, 0.29) is 48.3 Å². The van der Waals surface area contributed by atoms with E-state index in [0.29, 0.717) is 28.4 Å². The quantitative estimate of drug-likeness (QED) is 0.0455. The van der Waals surface area contributed by atoms with Crippen LogP contribution in [0.5, 0.6) is 0 Å². The molecule has 0 aromatic carbocycles. The molecule has 2 unspecified atom stereocenters. The van der Waals surface area contributed by atoms with Crippen molar-refractivity contribution >= 4 is 64.7 Å². The molecule has 4 aliphatic rings. The second kappa shape index (κ2) is 27.3. The summed E-state index contributed by atoms with van der Waals surface area (Å²) in [5, 5.41) is 4.29. The van der Waals surface area contributed by atoms with Crippen LogP contribution in [0.15, 0.2) is 11.6 Å². The van der Waals surface area contributed by atoms with Crippen LogP contribution in [0.4, 0.5) is 0 Å². The van der Waals surface area contributed by atoms with Crippen LogP contribution in [0.3, 0.4) is 0 Å². The highest BCUT2D eigenvalue weighted by Gasteiger charge is 2.59. The van der Waals surface area contributed by atoms with Gasteiger partial charge in [0.15, 0.2) is 0 Å². The topological polar surface area (TPSA) is 84.4 Å². The van der Waals surface area contributed by atoms with Crippen LogP contribution in [0.2, 0.25) is 0 Å². The summed E-state index contributed by atoms with van der Waals surface area (Å²) in [6.07, 6.45) is 26.7. The molecule has 0 bridgehead atoms. The number of allylic oxidation sites excluding steroid dienone is 2. The molecule has 0 spiro atoms. The normalized spacial score (nSPS) is 28.6. The SMILES string of the molecule is CCC(CCC(C)[C@H]1CC[C@H]2[C@@H]3CC=C4C[C@@H](SSCCC(=O)N(CCCCNCCC(N)(CC)CC)CCC(N)(CC)CC)CC[C@]4(C)[C@H]3CC[C@]12C)C(C)C.Cl.Cl.Cl. The van der Waals surface area contributed by atoms with Crippen LogP contribution in [-0.4, -0.2) is 59.1 Å². The Morgan fingerprint density at radius 3 is 2.15 bits per heavy atom. The van der Waals surface area contributed by atoms with E-state index in [4.69, 9.17) is 11.5 Å². The Bertz CT molecular complexity index is 1250. The molecule has 0 aliphatic heterocycles. The van der Waals surface area contributed by atoms with E-state index < -0.39 is 0 Å². The maximum Gasteiger partial charge on any atom is 0.223 e. The summed E-state index contributed by atoms with van der Waals surface area (Å²) in [4.78, 5) is 15.8. The Morgan fingerprint density at radius 2 is 1.52 bits per heavy atom. The van der Waals surface area contributed by atoms with E-state index in [9.17, 15) is 4.79 Å². The second-order valence-corrected chi connectivity index (χ2v) is 23.8. The van der Waals surface area contributed by atoms with E-state index in [1.807, 2.05) is 10.8 Å². The molecule has 5 nitrogen and oxygen atoms in total. The van der Waals surface area contributed by atoms with Gasteiger partial charge in [-0.2, -0.15) is 0 Å². The number of hydrogen-bond donors (Lipinski definition) is 3. The van der Waals surface area contributed by atoms with Crippen molar-refractivity contribution < 1.29 is 4.79 Å². The number of carbonyl (C=O) groups excluding carboxylic acids is 1. The van der Waals surface area contributed by atoms with Gasteiger partial charge in [-0.3, -0.25) is 4.79 Å². The molecule has 0 saturated heterocycles. The second-order valence-electron chi connectivity index (χ2n) is 21.0. The summed E-state index contributed by atoms with van der Waals surface area (Å²) >= 11 is 0. The Morgan fingerprint density at radius 1 is 0.850 bits per heavy atom. The van der Waals surface area contributed by atoms with Gasteiger partial charge in [-0.1, -0.05) is 115 Å². The van der Waals surface area contributed by atoms with Gasteiger partial charge in [0.25, 0.3) is 0 Å². The van der Waals surface area contributed by atoms with Gasteiger partial charge in [0, 0.05) is 41.6 Å². The molecule has 0 aromatic rings. The molecule has 0 aromatic heterocycles. The standard InChI is InChI=1S/C50H94N4OS2.3ClH/c1-11-39(37(6)7)19-18-38(8)43-22-23-44-42-21-20-40-36-41(24-27-47(40,9)45(42)25-28-48(43,44)10)57-56-35-26-46(55)54(34-30-50(52,14-4)15-5)33-17-16-31-53-32-29-49(51,12-2)13-3;;;/h20,37-39,41-45,53H,11-19,21-36,51-52H2,1-10H3;3*1H/t38?,39?,41-,42-,43+,44-,45-,47-,48+;;;/m0.../s1. The van der Waals surface area contributed by atoms with Crippen LogP contribution in [0.25, 0.3) is 0 Å². The van der Waals surface area contributed by atoms with Gasteiger partial charge in [0.05, 0.1) is 0 Å². The van der Waals surface area contributed by atoms with Crippen LogP contribution < -0.4 is 16.8 Å². The number of fused-ring (bicyclic) bond motifs is 5. The highest BCUT2D eigenvalue weighted by atomic mass is 35.5. The third-order valence-electron chi connectivity index (χ3n) is 17.8.